The molecule has 0 spiro atoms. The van der Waals surface area contributed by atoms with Crippen LogP contribution in [-0.4, -0.2) is 30.3 Å². The van der Waals surface area contributed by atoms with E-state index >= 15 is 0 Å². The number of rotatable bonds is 3. The van der Waals surface area contributed by atoms with Gasteiger partial charge in [-0.2, -0.15) is 0 Å². The third kappa shape index (κ3) is 7.61. The molecule has 0 aromatic heterocycles. The highest BCUT2D eigenvalue weighted by atomic mass is 16.5. The fourth-order valence-corrected chi connectivity index (χ4v) is 1.08. The number of nitrogen functional groups attached to an aromatic ring is 2. The largest absolute Gasteiger partial charge is 0.441 e. The van der Waals surface area contributed by atoms with E-state index in [-0.39, 0.29) is 24.8 Å². The van der Waals surface area contributed by atoms with Gasteiger partial charge in [-0.1, -0.05) is 0 Å². The van der Waals surface area contributed by atoms with E-state index in [9.17, 15) is 9.59 Å². The molecule has 0 saturated heterocycles. The first-order valence-electron chi connectivity index (χ1n) is 5.59. The predicted octanol–water partition coefficient (Wildman–Crippen LogP) is 0.100. The molecular weight excluding hydrogens is 250 g/mol. The van der Waals surface area contributed by atoms with E-state index in [4.69, 9.17) is 21.3 Å². The van der Waals surface area contributed by atoms with Gasteiger partial charge in [-0.15, -0.1) is 0 Å². The Morgan fingerprint density at radius 2 is 1.74 bits per heavy atom. The van der Waals surface area contributed by atoms with Crippen LogP contribution in [0.25, 0.3) is 0 Å². The number of nitrogens with one attached hydrogen (secondary N) is 1. The molecule has 106 valence electrons. The lowest BCUT2D eigenvalue weighted by atomic mass is 10.2. The highest BCUT2D eigenvalue weighted by Crippen LogP contribution is 2.14. The molecule has 0 heterocycles. The summed E-state index contributed by atoms with van der Waals surface area (Å²) < 4.78 is 4.77. The SMILES string of the molecule is CC(=O)NCOC(=O)c1cc(N)cc(N)c1.CCO. The lowest BCUT2D eigenvalue weighted by Crippen LogP contribution is -2.25. The van der Waals surface area contributed by atoms with Gasteiger partial charge in [0.2, 0.25) is 5.91 Å². The van der Waals surface area contributed by atoms with E-state index in [1.54, 1.807) is 6.92 Å². The topological polar surface area (TPSA) is 128 Å². The van der Waals surface area contributed by atoms with Crippen molar-refractivity contribution in [1.29, 1.82) is 0 Å². The molecule has 0 atom stereocenters. The van der Waals surface area contributed by atoms with E-state index in [0.717, 1.165) is 0 Å². The van der Waals surface area contributed by atoms with Gasteiger partial charge in [0, 0.05) is 24.9 Å². The van der Waals surface area contributed by atoms with E-state index in [0.29, 0.717) is 11.4 Å². The Hall–Kier alpha value is -2.28. The molecule has 0 aliphatic carbocycles. The van der Waals surface area contributed by atoms with Crippen molar-refractivity contribution in [3.8, 4) is 0 Å². The van der Waals surface area contributed by atoms with Crippen molar-refractivity contribution in [2.45, 2.75) is 13.8 Å². The van der Waals surface area contributed by atoms with Crippen LogP contribution in [-0.2, 0) is 9.53 Å². The number of hydrogen-bond donors (Lipinski definition) is 4. The van der Waals surface area contributed by atoms with Gasteiger partial charge in [-0.3, -0.25) is 4.79 Å². The predicted molar refractivity (Wildman–Crippen MR) is 72.1 cm³/mol. The van der Waals surface area contributed by atoms with Crippen molar-refractivity contribution in [2.75, 3.05) is 24.8 Å². The average molecular weight is 269 g/mol. The molecule has 0 radical (unpaired) electrons. The molecule has 0 aliphatic rings. The molecule has 1 amide bonds. The zero-order valence-corrected chi connectivity index (χ0v) is 11.0. The van der Waals surface area contributed by atoms with E-state index in [2.05, 4.69) is 5.32 Å². The molecule has 1 aromatic rings. The summed E-state index contributed by atoms with van der Waals surface area (Å²) in [5.74, 6) is -0.868. The fourth-order valence-electron chi connectivity index (χ4n) is 1.08. The molecule has 0 unspecified atom stereocenters. The minimum Gasteiger partial charge on any atom is -0.441 e. The summed E-state index contributed by atoms with van der Waals surface area (Å²) in [6.45, 7) is 3.08. The Labute approximate surface area is 111 Å². The number of nitrogens with two attached hydrogens (primary N) is 2. The third-order valence-electron chi connectivity index (χ3n) is 1.74. The second-order valence-corrected chi connectivity index (χ2v) is 3.51. The van der Waals surface area contributed by atoms with Gasteiger partial charge >= 0.3 is 5.97 Å². The molecule has 7 heteroatoms. The van der Waals surface area contributed by atoms with Crippen molar-refractivity contribution in [2.24, 2.45) is 0 Å². The molecule has 0 aliphatic heterocycles. The van der Waals surface area contributed by atoms with Crippen molar-refractivity contribution in [1.82, 2.24) is 5.32 Å². The summed E-state index contributed by atoms with van der Waals surface area (Å²) in [7, 11) is 0. The van der Waals surface area contributed by atoms with Crippen molar-refractivity contribution in [3.63, 3.8) is 0 Å². The molecule has 7 nitrogen and oxygen atoms in total. The Kier molecular flexibility index (Phi) is 7.71. The normalized spacial score (nSPS) is 9.00. The van der Waals surface area contributed by atoms with Crippen LogP contribution in [0.4, 0.5) is 11.4 Å². The molecule has 1 rings (SSSR count). The first kappa shape index (κ1) is 16.7. The lowest BCUT2D eigenvalue weighted by Gasteiger charge is -2.06. The van der Waals surface area contributed by atoms with Gasteiger partial charge in [0.15, 0.2) is 6.73 Å². The minimum absolute atomic E-state index is 0.178. The van der Waals surface area contributed by atoms with Crippen LogP contribution in [0.1, 0.15) is 24.2 Å². The van der Waals surface area contributed by atoms with Crippen LogP contribution in [0.5, 0.6) is 0 Å². The number of hydrogen-bond acceptors (Lipinski definition) is 6. The van der Waals surface area contributed by atoms with Crippen LogP contribution >= 0.6 is 0 Å². The summed E-state index contributed by atoms with van der Waals surface area (Å²) in [4.78, 5) is 22.0. The number of benzene rings is 1. The maximum atomic E-state index is 11.4. The number of anilines is 2. The number of amides is 1. The standard InChI is InChI=1S/C10H13N3O3.C2H6O/c1-6(14)13-5-16-10(15)7-2-8(11)4-9(12)3-7;1-2-3/h2-4H,5,11-12H2,1H3,(H,13,14);3H,2H2,1H3. The number of aliphatic hydroxyl groups excluding tert-OH is 1. The highest BCUT2D eigenvalue weighted by Gasteiger charge is 2.08. The average Bonchev–Trinajstić information content (AvgIpc) is 2.28. The van der Waals surface area contributed by atoms with Gasteiger partial charge in [0.25, 0.3) is 0 Å². The van der Waals surface area contributed by atoms with Gasteiger partial charge < -0.3 is 26.6 Å². The molecule has 0 saturated carbocycles. The first-order valence-corrected chi connectivity index (χ1v) is 5.59. The van der Waals surface area contributed by atoms with E-state index in [1.807, 2.05) is 0 Å². The zero-order valence-electron chi connectivity index (χ0n) is 11.0. The summed E-state index contributed by atoms with van der Waals surface area (Å²) in [5.41, 5.74) is 12.0. The van der Waals surface area contributed by atoms with Crippen LogP contribution in [0.3, 0.4) is 0 Å². The molecule has 6 N–H and O–H groups in total. The summed E-state index contributed by atoms with van der Waals surface area (Å²) in [6.07, 6.45) is 0. The Bertz CT molecular complexity index is 415. The third-order valence-corrected chi connectivity index (χ3v) is 1.74. The Morgan fingerprint density at radius 3 is 2.16 bits per heavy atom. The van der Waals surface area contributed by atoms with E-state index < -0.39 is 5.97 Å². The molecule has 19 heavy (non-hydrogen) atoms. The summed E-state index contributed by atoms with van der Waals surface area (Å²) in [5, 5.41) is 9.90. The number of aliphatic hydroxyl groups is 1. The van der Waals surface area contributed by atoms with Crippen molar-refractivity contribution < 1.29 is 19.4 Å². The smallest absolute Gasteiger partial charge is 0.339 e. The van der Waals surface area contributed by atoms with Gasteiger partial charge in [0.05, 0.1) is 5.56 Å². The van der Waals surface area contributed by atoms with Crippen LogP contribution in [0, 0.1) is 0 Å². The van der Waals surface area contributed by atoms with Gasteiger partial charge in [-0.05, 0) is 25.1 Å². The number of esters is 1. The quantitative estimate of drug-likeness (QED) is 0.350. The lowest BCUT2D eigenvalue weighted by molar-refractivity contribution is -0.120. The fraction of sp³-hybridized carbons (Fsp3) is 0.333. The van der Waals surface area contributed by atoms with Gasteiger partial charge in [0.1, 0.15) is 0 Å². The molecular formula is C12H19N3O4. The van der Waals surface area contributed by atoms with Crippen LogP contribution < -0.4 is 16.8 Å². The van der Waals surface area contributed by atoms with Crippen LogP contribution in [0.15, 0.2) is 18.2 Å². The Balaban J connectivity index is 0.000000982. The van der Waals surface area contributed by atoms with E-state index in [1.165, 1.54) is 25.1 Å². The van der Waals surface area contributed by atoms with Crippen molar-refractivity contribution in [3.05, 3.63) is 23.8 Å². The minimum atomic E-state index is -0.590. The maximum absolute atomic E-state index is 11.4. The zero-order chi connectivity index (χ0) is 14.8. The summed E-state index contributed by atoms with van der Waals surface area (Å²) in [6, 6.07) is 4.43. The molecule has 0 bridgehead atoms. The second-order valence-electron chi connectivity index (χ2n) is 3.51. The Morgan fingerprint density at radius 1 is 1.26 bits per heavy atom. The van der Waals surface area contributed by atoms with Crippen molar-refractivity contribution >= 4 is 23.3 Å². The summed E-state index contributed by atoms with van der Waals surface area (Å²) >= 11 is 0. The second kappa shape index (κ2) is 8.76. The number of carbonyl (C=O) groups excluding carboxylic acids is 2. The van der Waals surface area contributed by atoms with Crippen LogP contribution in [0.2, 0.25) is 0 Å². The molecule has 1 aromatic carbocycles. The number of ether oxygens (including phenoxy) is 1. The monoisotopic (exact) mass is 269 g/mol. The molecule has 0 fully saturated rings. The number of carbonyl (C=O) groups is 2. The first-order chi connectivity index (χ1) is 8.90. The maximum Gasteiger partial charge on any atom is 0.339 e. The highest BCUT2D eigenvalue weighted by molar-refractivity contribution is 5.91. The van der Waals surface area contributed by atoms with Gasteiger partial charge in [-0.25, -0.2) is 4.79 Å².